The van der Waals surface area contributed by atoms with Gasteiger partial charge < -0.3 is 10.8 Å². The van der Waals surface area contributed by atoms with Gasteiger partial charge in [-0.1, -0.05) is 6.92 Å². The summed E-state index contributed by atoms with van der Waals surface area (Å²) < 4.78 is 1.26. The van der Waals surface area contributed by atoms with E-state index >= 15 is 0 Å². The molecule has 2 aromatic rings. The molecule has 2 heterocycles. The number of carboxylic acid groups (broad SMARTS) is 1. The van der Waals surface area contributed by atoms with Gasteiger partial charge in [0.15, 0.2) is 11.3 Å². The molecule has 15 heavy (non-hydrogen) atoms. The average Bonchev–Trinajstić information content (AvgIpc) is 2.58. The number of anilines is 1. The van der Waals surface area contributed by atoms with Crippen molar-refractivity contribution in [3.63, 3.8) is 0 Å². The van der Waals surface area contributed by atoms with Crippen molar-refractivity contribution >= 4 is 17.3 Å². The lowest BCUT2D eigenvalue weighted by molar-refractivity contribution is 0.0686. The second-order valence-electron chi connectivity index (χ2n) is 3.13. The van der Waals surface area contributed by atoms with E-state index in [1.54, 1.807) is 0 Å². The molecule has 0 aromatic carbocycles. The Labute approximate surface area is 85.3 Å². The molecule has 2 rings (SSSR count). The summed E-state index contributed by atoms with van der Waals surface area (Å²) in [5.41, 5.74) is 7.11. The zero-order chi connectivity index (χ0) is 11.0. The normalized spacial score (nSPS) is 10.7. The van der Waals surface area contributed by atoms with Crippen molar-refractivity contribution in [2.45, 2.75) is 13.3 Å². The van der Waals surface area contributed by atoms with Crippen LogP contribution < -0.4 is 5.73 Å². The van der Waals surface area contributed by atoms with Crippen LogP contribution in [0.5, 0.6) is 0 Å². The van der Waals surface area contributed by atoms with Gasteiger partial charge in [-0.25, -0.2) is 14.3 Å². The molecule has 0 saturated carbocycles. The number of hydrogen-bond donors (Lipinski definition) is 2. The van der Waals surface area contributed by atoms with Gasteiger partial charge in [0.05, 0.1) is 11.9 Å². The van der Waals surface area contributed by atoms with Crippen molar-refractivity contribution in [3.8, 4) is 0 Å². The zero-order valence-corrected chi connectivity index (χ0v) is 8.14. The van der Waals surface area contributed by atoms with Gasteiger partial charge in [-0.15, -0.1) is 0 Å². The Hall–Kier alpha value is -2.11. The molecule has 0 radical (unpaired) electrons. The smallest absolute Gasteiger partial charge is 0.354 e. The van der Waals surface area contributed by atoms with Crippen molar-refractivity contribution in [2.24, 2.45) is 0 Å². The SMILES string of the molecule is CCc1cnc2c(N)cnn2c1C(=O)O. The maximum atomic E-state index is 11.1. The molecular weight excluding hydrogens is 196 g/mol. The molecular formula is C9H10N4O2. The highest BCUT2D eigenvalue weighted by atomic mass is 16.4. The van der Waals surface area contributed by atoms with Crippen molar-refractivity contribution < 1.29 is 9.90 Å². The summed E-state index contributed by atoms with van der Waals surface area (Å²) in [6.45, 7) is 1.86. The van der Waals surface area contributed by atoms with Crippen LogP contribution in [0.3, 0.4) is 0 Å². The van der Waals surface area contributed by atoms with Gasteiger partial charge in [0.25, 0.3) is 0 Å². The number of carbonyl (C=O) groups is 1. The molecule has 6 heteroatoms. The minimum absolute atomic E-state index is 0.124. The quantitative estimate of drug-likeness (QED) is 0.749. The van der Waals surface area contributed by atoms with Gasteiger partial charge in [-0.3, -0.25) is 0 Å². The van der Waals surface area contributed by atoms with Gasteiger partial charge in [-0.05, 0) is 6.42 Å². The minimum Gasteiger partial charge on any atom is -0.476 e. The van der Waals surface area contributed by atoms with Gasteiger partial charge in [0.1, 0.15) is 0 Å². The summed E-state index contributed by atoms with van der Waals surface area (Å²) in [4.78, 5) is 15.1. The molecule has 0 spiro atoms. The van der Waals surface area contributed by atoms with Crippen LogP contribution in [-0.2, 0) is 6.42 Å². The van der Waals surface area contributed by atoms with Crippen LogP contribution >= 0.6 is 0 Å². The Morgan fingerprint density at radius 2 is 2.33 bits per heavy atom. The van der Waals surface area contributed by atoms with Crippen molar-refractivity contribution in [1.29, 1.82) is 0 Å². The maximum Gasteiger partial charge on any atom is 0.354 e. The first-order chi connectivity index (χ1) is 7.15. The monoisotopic (exact) mass is 206 g/mol. The largest absolute Gasteiger partial charge is 0.476 e. The molecule has 2 aromatic heterocycles. The lowest BCUT2D eigenvalue weighted by Gasteiger charge is -2.04. The number of hydrogen-bond acceptors (Lipinski definition) is 4. The van der Waals surface area contributed by atoms with Gasteiger partial charge in [0, 0.05) is 11.8 Å². The zero-order valence-electron chi connectivity index (χ0n) is 8.14. The molecule has 0 saturated heterocycles. The molecule has 6 nitrogen and oxygen atoms in total. The van der Waals surface area contributed by atoms with E-state index in [9.17, 15) is 4.79 Å². The Bertz CT molecular complexity index is 532. The predicted molar refractivity (Wildman–Crippen MR) is 53.7 cm³/mol. The molecule has 0 amide bonds. The van der Waals surface area contributed by atoms with E-state index in [-0.39, 0.29) is 5.69 Å². The van der Waals surface area contributed by atoms with Crippen LogP contribution in [0, 0.1) is 0 Å². The van der Waals surface area contributed by atoms with E-state index in [2.05, 4.69) is 10.1 Å². The second kappa shape index (κ2) is 3.23. The Morgan fingerprint density at radius 3 is 2.93 bits per heavy atom. The van der Waals surface area contributed by atoms with Crippen LogP contribution in [0.1, 0.15) is 23.0 Å². The minimum atomic E-state index is -1.03. The molecule has 0 fully saturated rings. The molecule has 0 aliphatic carbocycles. The Kier molecular flexibility index (Phi) is 2.03. The summed E-state index contributed by atoms with van der Waals surface area (Å²) in [6, 6.07) is 0. The fraction of sp³-hybridized carbons (Fsp3) is 0.222. The van der Waals surface area contributed by atoms with Gasteiger partial charge in [-0.2, -0.15) is 5.10 Å². The third-order valence-corrected chi connectivity index (χ3v) is 2.21. The maximum absolute atomic E-state index is 11.1. The van der Waals surface area contributed by atoms with E-state index in [1.807, 2.05) is 6.92 Å². The van der Waals surface area contributed by atoms with Gasteiger partial charge in [0.2, 0.25) is 0 Å². The van der Waals surface area contributed by atoms with Crippen molar-refractivity contribution in [1.82, 2.24) is 14.6 Å². The van der Waals surface area contributed by atoms with E-state index in [0.29, 0.717) is 23.3 Å². The molecule has 78 valence electrons. The topological polar surface area (TPSA) is 93.5 Å². The van der Waals surface area contributed by atoms with Crippen molar-refractivity contribution in [3.05, 3.63) is 23.7 Å². The molecule has 0 atom stereocenters. The number of nitrogens with two attached hydrogens (primary N) is 1. The second-order valence-corrected chi connectivity index (χ2v) is 3.13. The Morgan fingerprint density at radius 1 is 1.60 bits per heavy atom. The molecule has 0 bridgehead atoms. The number of aromatic nitrogens is 3. The lowest BCUT2D eigenvalue weighted by Crippen LogP contribution is -2.11. The van der Waals surface area contributed by atoms with E-state index in [0.717, 1.165) is 0 Å². The van der Waals surface area contributed by atoms with Gasteiger partial charge >= 0.3 is 5.97 Å². The number of aromatic carboxylic acids is 1. The average molecular weight is 206 g/mol. The fourth-order valence-corrected chi connectivity index (χ4v) is 1.47. The highest BCUT2D eigenvalue weighted by Gasteiger charge is 2.16. The van der Waals surface area contributed by atoms with E-state index in [4.69, 9.17) is 10.8 Å². The van der Waals surface area contributed by atoms with Crippen molar-refractivity contribution in [2.75, 3.05) is 5.73 Å². The number of fused-ring (bicyclic) bond motifs is 1. The molecule has 0 aliphatic rings. The third-order valence-electron chi connectivity index (χ3n) is 2.21. The summed E-state index contributed by atoms with van der Waals surface area (Å²) >= 11 is 0. The van der Waals surface area contributed by atoms with Crippen LogP contribution in [0.4, 0.5) is 5.69 Å². The van der Waals surface area contributed by atoms with Crippen LogP contribution in [-0.4, -0.2) is 25.7 Å². The first-order valence-electron chi connectivity index (χ1n) is 4.49. The number of carboxylic acids is 1. The number of aryl methyl sites for hydroxylation is 1. The van der Waals surface area contributed by atoms with Crippen LogP contribution in [0.2, 0.25) is 0 Å². The first-order valence-corrected chi connectivity index (χ1v) is 4.49. The van der Waals surface area contributed by atoms with E-state index in [1.165, 1.54) is 16.9 Å². The summed E-state index contributed by atoms with van der Waals surface area (Å²) in [7, 11) is 0. The summed E-state index contributed by atoms with van der Waals surface area (Å²) in [5.74, 6) is -1.03. The number of rotatable bonds is 2. The van der Waals surface area contributed by atoms with Crippen LogP contribution in [0.15, 0.2) is 12.4 Å². The molecule has 0 unspecified atom stereocenters. The third kappa shape index (κ3) is 1.30. The highest BCUT2D eigenvalue weighted by molar-refractivity contribution is 5.88. The van der Waals surface area contributed by atoms with E-state index < -0.39 is 5.97 Å². The number of nitrogen functional groups attached to an aromatic ring is 1. The highest BCUT2D eigenvalue weighted by Crippen LogP contribution is 2.15. The first kappa shape index (κ1) is 9.45. The Balaban J connectivity index is 2.85. The number of nitrogens with zero attached hydrogens (tertiary/aromatic N) is 3. The predicted octanol–water partition coefficient (Wildman–Crippen LogP) is 0.572. The van der Waals surface area contributed by atoms with Crippen LogP contribution in [0.25, 0.3) is 5.65 Å². The fourth-order valence-electron chi connectivity index (χ4n) is 1.47. The summed E-state index contributed by atoms with van der Waals surface area (Å²) in [5, 5.41) is 13.0. The standard InChI is InChI=1S/C9H10N4O2/c1-2-5-3-11-8-6(10)4-12-13(8)7(5)9(14)15/h3-4H,2,10H2,1H3,(H,14,15). The lowest BCUT2D eigenvalue weighted by atomic mass is 10.2. The molecule has 0 aliphatic heterocycles. The molecule has 3 N–H and O–H groups in total. The summed E-state index contributed by atoms with van der Waals surface area (Å²) in [6.07, 6.45) is 3.51.